The van der Waals surface area contributed by atoms with Gasteiger partial charge in [0.2, 0.25) is 5.91 Å². The third kappa shape index (κ3) is 3.87. The Morgan fingerprint density at radius 3 is 2.25 bits per heavy atom. The van der Waals surface area contributed by atoms with Crippen LogP contribution >= 0.6 is 39.1 Å². The van der Waals surface area contributed by atoms with Crippen LogP contribution in [0.5, 0.6) is 0 Å². The molecule has 1 aromatic carbocycles. The van der Waals surface area contributed by atoms with Crippen LogP contribution in [0.1, 0.15) is 20.8 Å². The molecule has 0 aliphatic rings. The van der Waals surface area contributed by atoms with Crippen LogP contribution in [0, 0.1) is 11.3 Å². The molecule has 7 heteroatoms. The highest BCUT2D eigenvalue weighted by Crippen LogP contribution is 2.36. The second-order valence-corrected chi connectivity index (χ2v) is 6.96. The standard InChI is InChI=1S/C13H14BrCl2NO3/c1-13(2,3)8(12(19)20)11(18)17-7-5-4-6(14)9(15)10(7)16/h4-5,8H,1-3H3,(H,17,18)(H,19,20). The minimum atomic E-state index is -1.19. The summed E-state index contributed by atoms with van der Waals surface area (Å²) in [6.45, 7) is 5.05. The number of carboxylic acid groups (broad SMARTS) is 1. The number of carboxylic acids is 1. The van der Waals surface area contributed by atoms with Crippen LogP contribution in [0.2, 0.25) is 10.0 Å². The second-order valence-electron chi connectivity index (χ2n) is 5.35. The van der Waals surface area contributed by atoms with Gasteiger partial charge in [-0.05, 0) is 33.5 Å². The predicted octanol–water partition coefficient (Wildman–Crippen LogP) is 4.44. The minimum Gasteiger partial charge on any atom is -0.481 e. The number of rotatable bonds is 3. The van der Waals surface area contributed by atoms with E-state index in [9.17, 15) is 14.7 Å². The quantitative estimate of drug-likeness (QED) is 0.599. The fourth-order valence-electron chi connectivity index (χ4n) is 1.70. The predicted molar refractivity (Wildman–Crippen MR) is 83.4 cm³/mol. The van der Waals surface area contributed by atoms with E-state index in [-0.39, 0.29) is 15.7 Å². The SMILES string of the molecule is CC(C)(C)C(C(=O)O)C(=O)Nc1ccc(Br)c(Cl)c1Cl. The Balaban J connectivity index is 3.07. The first-order valence-corrected chi connectivity index (χ1v) is 7.27. The molecule has 1 unspecified atom stereocenters. The lowest BCUT2D eigenvalue weighted by atomic mass is 9.80. The molecule has 0 spiro atoms. The van der Waals surface area contributed by atoms with Crippen molar-refractivity contribution < 1.29 is 14.7 Å². The van der Waals surface area contributed by atoms with Crippen LogP contribution in [0.4, 0.5) is 5.69 Å². The molecule has 20 heavy (non-hydrogen) atoms. The lowest BCUT2D eigenvalue weighted by Gasteiger charge is -2.26. The van der Waals surface area contributed by atoms with Gasteiger partial charge in [0.1, 0.15) is 5.92 Å². The summed E-state index contributed by atoms with van der Waals surface area (Å²) in [4.78, 5) is 23.4. The molecule has 0 aliphatic carbocycles. The van der Waals surface area contributed by atoms with E-state index in [1.807, 2.05) is 0 Å². The van der Waals surface area contributed by atoms with Gasteiger partial charge in [0.15, 0.2) is 0 Å². The normalized spacial score (nSPS) is 12.9. The van der Waals surface area contributed by atoms with Crippen molar-refractivity contribution in [1.29, 1.82) is 0 Å². The number of hydrogen-bond acceptors (Lipinski definition) is 2. The summed E-state index contributed by atoms with van der Waals surface area (Å²) in [5.74, 6) is -3.01. The molecule has 0 saturated heterocycles. The van der Waals surface area contributed by atoms with Crippen LogP contribution in [0.3, 0.4) is 0 Å². The molecule has 0 bridgehead atoms. The maximum Gasteiger partial charge on any atom is 0.316 e. The monoisotopic (exact) mass is 381 g/mol. The van der Waals surface area contributed by atoms with Gasteiger partial charge in [-0.1, -0.05) is 44.0 Å². The Bertz CT molecular complexity index is 555. The first-order chi connectivity index (χ1) is 9.05. The number of carbonyl (C=O) groups is 2. The van der Waals surface area contributed by atoms with E-state index in [4.69, 9.17) is 23.2 Å². The molecule has 1 aromatic rings. The highest BCUT2D eigenvalue weighted by atomic mass is 79.9. The topological polar surface area (TPSA) is 66.4 Å². The third-order valence-corrected chi connectivity index (χ3v) is 4.44. The fraction of sp³-hybridized carbons (Fsp3) is 0.385. The molecule has 4 nitrogen and oxygen atoms in total. The molecule has 110 valence electrons. The van der Waals surface area contributed by atoms with Crippen molar-refractivity contribution in [3.8, 4) is 0 Å². The summed E-state index contributed by atoms with van der Waals surface area (Å²) in [5.41, 5.74) is -0.443. The van der Waals surface area contributed by atoms with Crippen LogP contribution in [0.25, 0.3) is 0 Å². The van der Waals surface area contributed by atoms with E-state index in [1.54, 1.807) is 32.9 Å². The van der Waals surface area contributed by atoms with Crippen molar-refractivity contribution in [2.24, 2.45) is 11.3 Å². The number of aliphatic carboxylic acids is 1. The summed E-state index contributed by atoms with van der Waals surface area (Å²) in [7, 11) is 0. The molecule has 1 amide bonds. The molecule has 0 heterocycles. The van der Waals surface area contributed by atoms with E-state index >= 15 is 0 Å². The molecule has 1 atom stereocenters. The van der Waals surface area contributed by atoms with Gasteiger partial charge in [-0.15, -0.1) is 0 Å². The van der Waals surface area contributed by atoms with Gasteiger partial charge in [0, 0.05) is 4.47 Å². The Kier molecular flexibility index (Phi) is 5.46. The van der Waals surface area contributed by atoms with Crippen molar-refractivity contribution in [2.75, 3.05) is 5.32 Å². The largest absolute Gasteiger partial charge is 0.481 e. The molecule has 0 saturated carbocycles. The van der Waals surface area contributed by atoms with Gasteiger partial charge in [-0.2, -0.15) is 0 Å². The fourth-order valence-corrected chi connectivity index (χ4v) is 2.52. The van der Waals surface area contributed by atoms with Crippen molar-refractivity contribution in [1.82, 2.24) is 0 Å². The number of hydrogen-bond donors (Lipinski definition) is 2. The first-order valence-electron chi connectivity index (χ1n) is 5.73. The third-order valence-electron chi connectivity index (χ3n) is 2.67. The van der Waals surface area contributed by atoms with Crippen LogP contribution in [0.15, 0.2) is 16.6 Å². The highest BCUT2D eigenvalue weighted by molar-refractivity contribution is 9.10. The highest BCUT2D eigenvalue weighted by Gasteiger charge is 2.38. The molecular weight excluding hydrogens is 369 g/mol. The zero-order chi connectivity index (χ0) is 15.7. The van der Waals surface area contributed by atoms with Crippen LogP contribution in [-0.2, 0) is 9.59 Å². The Labute approximate surface area is 135 Å². The Hall–Kier alpha value is -0.780. The average Bonchev–Trinajstić information content (AvgIpc) is 2.27. The number of carbonyl (C=O) groups excluding carboxylic acids is 1. The Morgan fingerprint density at radius 1 is 1.25 bits per heavy atom. The lowest BCUT2D eigenvalue weighted by molar-refractivity contribution is -0.149. The summed E-state index contributed by atoms with van der Waals surface area (Å²) < 4.78 is 0.591. The van der Waals surface area contributed by atoms with Gasteiger partial charge < -0.3 is 10.4 Å². The summed E-state index contributed by atoms with van der Waals surface area (Å²) >= 11 is 15.2. The molecular formula is C13H14BrCl2NO3. The van der Waals surface area contributed by atoms with E-state index in [0.29, 0.717) is 4.47 Å². The molecule has 0 aromatic heterocycles. The zero-order valence-corrected chi connectivity index (χ0v) is 14.2. The number of nitrogens with one attached hydrogen (secondary N) is 1. The van der Waals surface area contributed by atoms with Gasteiger partial charge >= 0.3 is 5.97 Å². The van der Waals surface area contributed by atoms with E-state index in [0.717, 1.165) is 0 Å². The first kappa shape index (κ1) is 17.3. The molecule has 0 radical (unpaired) electrons. The van der Waals surface area contributed by atoms with Crippen molar-refractivity contribution in [2.45, 2.75) is 20.8 Å². The number of anilines is 1. The van der Waals surface area contributed by atoms with E-state index in [1.165, 1.54) is 0 Å². The molecule has 0 fully saturated rings. The van der Waals surface area contributed by atoms with Gasteiger partial charge in [0.05, 0.1) is 15.7 Å². The minimum absolute atomic E-state index is 0.160. The van der Waals surface area contributed by atoms with Gasteiger partial charge in [-0.25, -0.2) is 0 Å². The van der Waals surface area contributed by atoms with E-state index < -0.39 is 23.2 Å². The maximum atomic E-state index is 12.1. The van der Waals surface area contributed by atoms with Crippen molar-refractivity contribution in [3.05, 3.63) is 26.7 Å². The van der Waals surface area contributed by atoms with Crippen LogP contribution in [-0.4, -0.2) is 17.0 Å². The van der Waals surface area contributed by atoms with E-state index in [2.05, 4.69) is 21.2 Å². The molecule has 0 aliphatic heterocycles. The molecule has 1 rings (SSSR count). The van der Waals surface area contributed by atoms with Gasteiger partial charge in [0.25, 0.3) is 0 Å². The summed E-state index contributed by atoms with van der Waals surface area (Å²) in [5, 5.41) is 12.1. The number of halogens is 3. The average molecular weight is 383 g/mol. The number of benzene rings is 1. The van der Waals surface area contributed by atoms with Crippen LogP contribution < -0.4 is 5.32 Å². The summed E-state index contributed by atoms with van der Waals surface area (Å²) in [6, 6.07) is 3.18. The second kappa shape index (κ2) is 6.33. The lowest BCUT2D eigenvalue weighted by Crippen LogP contribution is -2.39. The smallest absolute Gasteiger partial charge is 0.316 e. The van der Waals surface area contributed by atoms with Crippen molar-refractivity contribution in [3.63, 3.8) is 0 Å². The van der Waals surface area contributed by atoms with Gasteiger partial charge in [-0.3, -0.25) is 9.59 Å². The zero-order valence-electron chi connectivity index (χ0n) is 11.1. The summed E-state index contributed by atoms with van der Waals surface area (Å²) in [6.07, 6.45) is 0. The number of amides is 1. The Morgan fingerprint density at radius 2 is 1.80 bits per heavy atom. The maximum absolute atomic E-state index is 12.1. The van der Waals surface area contributed by atoms with Crippen molar-refractivity contribution >= 4 is 56.7 Å². The molecule has 2 N–H and O–H groups in total.